The molecule has 1 heterocycles. The lowest BCUT2D eigenvalue weighted by Crippen LogP contribution is -2.33. The van der Waals surface area contributed by atoms with Crippen molar-refractivity contribution in [3.8, 4) is 17.2 Å². The van der Waals surface area contributed by atoms with Crippen LogP contribution in [-0.2, 0) is 9.59 Å². The van der Waals surface area contributed by atoms with Crippen LogP contribution in [0.15, 0.2) is 36.4 Å². The van der Waals surface area contributed by atoms with Crippen molar-refractivity contribution in [2.45, 2.75) is 11.7 Å². The number of aromatic hydroxyl groups is 1. The van der Waals surface area contributed by atoms with E-state index in [9.17, 15) is 29.6 Å². The van der Waals surface area contributed by atoms with Crippen LogP contribution in [0.4, 0.5) is 21.9 Å². The molecule has 11 nitrogen and oxygen atoms in total. The number of non-ortho nitro benzene ring substituents is 1. The van der Waals surface area contributed by atoms with Crippen LogP contribution in [0.2, 0.25) is 0 Å². The Labute approximate surface area is 180 Å². The Morgan fingerprint density at radius 3 is 2.61 bits per heavy atom. The number of amides is 3. The van der Waals surface area contributed by atoms with E-state index < -0.39 is 27.2 Å². The largest absolute Gasteiger partial charge is 0.506 e. The van der Waals surface area contributed by atoms with Gasteiger partial charge in [-0.2, -0.15) is 0 Å². The number of benzene rings is 2. The zero-order valence-corrected chi connectivity index (χ0v) is 17.2. The van der Waals surface area contributed by atoms with Crippen LogP contribution < -0.4 is 19.7 Å². The van der Waals surface area contributed by atoms with Crippen molar-refractivity contribution < 1.29 is 33.9 Å². The van der Waals surface area contributed by atoms with Crippen molar-refractivity contribution in [1.29, 1.82) is 0 Å². The first-order valence-electron chi connectivity index (χ1n) is 8.79. The summed E-state index contributed by atoms with van der Waals surface area (Å²) in [4.78, 5) is 48.8. The molecule has 0 bridgehead atoms. The van der Waals surface area contributed by atoms with Crippen LogP contribution in [0.25, 0.3) is 0 Å². The maximum atomic E-state index is 12.8. The lowest BCUT2D eigenvalue weighted by molar-refractivity contribution is -0.384. The molecule has 1 fully saturated rings. The number of hydrogen-bond donors (Lipinski definition) is 2. The Morgan fingerprint density at radius 1 is 1.23 bits per heavy atom. The number of imide groups is 1. The number of thioether (sulfide) groups is 1. The zero-order valence-electron chi connectivity index (χ0n) is 16.4. The SMILES string of the molecule is COc1ccc(N2C(=O)SC(CC(=O)Nc3cc([N+](=O)[O-])ccc3O)C2=O)c(OC)c1. The minimum Gasteiger partial charge on any atom is -0.506 e. The van der Waals surface area contributed by atoms with Gasteiger partial charge in [-0.05, 0) is 30.0 Å². The topological polar surface area (TPSA) is 148 Å². The molecule has 1 saturated heterocycles. The van der Waals surface area contributed by atoms with Crippen LogP contribution in [0.3, 0.4) is 0 Å². The summed E-state index contributed by atoms with van der Waals surface area (Å²) in [6.07, 6.45) is -0.383. The number of nitrogens with one attached hydrogen (secondary N) is 1. The molecule has 0 saturated carbocycles. The second-order valence-electron chi connectivity index (χ2n) is 6.29. The zero-order chi connectivity index (χ0) is 22.7. The Kier molecular flexibility index (Phi) is 6.30. The van der Waals surface area contributed by atoms with E-state index in [1.54, 1.807) is 6.07 Å². The van der Waals surface area contributed by atoms with Gasteiger partial charge in [0.25, 0.3) is 10.9 Å². The molecule has 1 atom stereocenters. The highest BCUT2D eigenvalue weighted by molar-refractivity contribution is 8.15. The van der Waals surface area contributed by atoms with Crippen molar-refractivity contribution in [3.63, 3.8) is 0 Å². The number of nitro benzene ring substituents is 1. The number of hydrogen-bond acceptors (Lipinski definition) is 9. The average Bonchev–Trinajstić information content (AvgIpc) is 3.01. The smallest absolute Gasteiger partial charge is 0.293 e. The molecule has 0 aliphatic carbocycles. The predicted octanol–water partition coefficient (Wildman–Crippen LogP) is 2.91. The van der Waals surface area contributed by atoms with Crippen molar-refractivity contribution in [2.75, 3.05) is 24.4 Å². The number of nitrogens with zero attached hydrogens (tertiary/aromatic N) is 2. The first-order chi connectivity index (χ1) is 14.7. The van der Waals surface area contributed by atoms with E-state index in [1.807, 2.05) is 0 Å². The van der Waals surface area contributed by atoms with Crippen molar-refractivity contribution in [1.82, 2.24) is 0 Å². The molecule has 2 N–H and O–H groups in total. The van der Waals surface area contributed by atoms with Gasteiger partial charge in [-0.1, -0.05) is 0 Å². The lowest BCUT2D eigenvalue weighted by atomic mass is 10.2. The van der Waals surface area contributed by atoms with Gasteiger partial charge in [0.2, 0.25) is 11.8 Å². The molecule has 2 aromatic rings. The van der Waals surface area contributed by atoms with Gasteiger partial charge in [-0.15, -0.1) is 0 Å². The van der Waals surface area contributed by atoms with Gasteiger partial charge in [0.15, 0.2) is 0 Å². The molecule has 3 amide bonds. The summed E-state index contributed by atoms with van der Waals surface area (Å²) in [5.41, 5.74) is -0.285. The minimum atomic E-state index is -1.01. The third-order valence-electron chi connectivity index (χ3n) is 4.39. The maximum absolute atomic E-state index is 12.8. The summed E-state index contributed by atoms with van der Waals surface area (Å²) in [6, 6.07) is 7.73. The highest BCUT2D eigenvalue weighted by atomic mass is 32.2. The summed E-state index contributed by atoms with van der Waals surface area (Å²) in [6.45, 7) is 0. The summed E-state index contributed by atoms with van der Waals surface area (Å²) in [5.74, 6) is -0.965. The van der Waals surface area contributed by atoms with E-state index in [-0.39, 0.29) is 35.0 Å². The van der Waals surface area contributed by atoms with Gasteiger partial charge in [-0.25, -0.2) is 4.90 Å². The second kappa shape index (κ2) is 8.92. The average molecular weight is 447 g/mol. The molecule has 0 aromatic heterocycles. The first-order valence-corrected chi connectivity index (χ1v) is 9.67. The molecule has 162 valence electrons. The van der Waals surface area contributed by atoms with E-state index in [4.69, 9.17) is 9.47 Å². The highest BCUT2D eigenvalue weighted by Gasteiger charge is 2.42. The van der Waals surface area contributed by atoms with Crippen LogP contribution >= 0.6 is 11.8 Å². The number of phenols is 1. The van der Waals surface area contributed by atoms with Crippen molar-refractivity contribution in [3.05, 3.63) is 46.5 Å². The third-order valence-corrected chi connectivity index (χ3v) is 5.42. The standard InChI is InChI=1S/C19H17N3O8S/c1-29-11-4-5-13(15(8-11)30-2)21-18(25)16(31-19(21)26)9-17(24)20-12-7-10(22(27)28)3-6-14(12)23/h3-8,16,23H,9H2,1-2H3,(H,20,24). The summed E-state index contributed by atoms with van der Waals surface area (Å²) >= 11 is 0.676. The lowest BCUT2D eigenvalue weighted by Gasteiger charge is -2.18. The van der Waals surface area contributed by atoms with Crippen LogP contribution in [0, 0.1) is 10.1 Å². The second-order valence-corrected chi connectivity index (χ2v) is 7.45. The first kappa shape index (κ1) is 21.9. The fraction of sp³-hybridized carbons (Fsp3) is 0.211. The number of anilines is 2. The molecule has 1 unspecified atom stereocenters. The van der Waals surface area contributed by atoms with E-state index >= 15 is 0 Å². The highest BCUT2D eigenvalue weighted by Crippen LogP contribution is 2.40. The molecule has 0 radical (unpaired) electrons. The molecule has 0 spiro atoms. The number of carbonyl (C=O) groups is 3. The Bertz CT molecular complexity index is 1070. The fourth-order valence-electron chi connectivity index (χ4n) is 2.88. The summed E-state index contributed by atoms with van der Waals surface area (Å²) < 4.78 is 10.3. The molecule has 12 heteroatoms. The van der Waals surface area contributed by atoms with Crippen molar-refractivity contribution in [2.24, 2.45) is 0 Å². The molecule has 1 aliphatic rings. The van der Waals surface area contributed by atoms with E-state index in [0.29, 0.717) is 17.5 Å². The monoisotopic (exact) mass is 447 g/mol. The van der Waals surface area contributed by atoms with Gasteiger partial charge < -0.3 is 19.9 Å². The molecule has 3 rings (SSSR count). The molecular weight excluding hydrogens is 430 g/mol. The van der Waals surface area contributed by atoms with Gasteiger partial charge in [0, 0.05) is 24.6 Å². The Balaban J connectivity index is 1.75. The van der Waals surface area contributed by atoms with Gasteiger partial charge in [0.05, 0.1) is 30.5 Å². The quantitative estimate of drug-likeness (QED) is 0.371. The third kappa shape index (κ3) is 4.53. The number of methoxy groups -OCH3 is 2. The number of carbonyl (C=O) groups excluding carboxylic acids is 3. The molecule has 1 aliphatic heterocycles. The molecule has 31 heavy (non-hydrogen) atoms. The van der Waals surface area contributed by atoms with Gasteiger partial charge in [-0.3, -0.25) is 24.5 Å². The normalized spacial score (nSPS) is 15.7. The van der Waals surface area contributed by atoms with E-state index in [1.165, 1.54) is 26.4 Å². The van der Waals surface area contributed by atoms with Crippen LogP contribution in [0.5, 0.6) is 17.2 Å². The molecule has 2 aromatic carbocycles. The maximum Gasteiger partial charge on any atom is 0.293 e. The van der Waals surface area contributed by atoms with Crippen molar-refractivity contribution >= 4 is 45.9 Å². The van der Waals surface area contributed by atoms with Crippen LogP contribution in [0.1, 0.15) is 6.42 Å². The Morgan fingerprint density at radius 2 is 1.97 bits per heavy atom. The summed E-state index contributed by atoms with van der Waals surface area (Å²) in [7, 11) is 2.84. The molecular formula is C19H17N3O8S. The number of phenolic OH excluding ortho intramolecular Hbond substituents is 1. The van der Waals surface area contributed by atoms with Gasteiger partial charge >= 0.3 is 0 Å². The van der Waals surface area contributed by atoms with E-state index in [0.717, 1.165) is 23.1 Å². The number of nitro groups is 1. The fourth-order valence-corrected chi connectivity index (χ4v) is 3.86. The van der Waals surface area contributed by atoms with Gasteiger partial charge in [0.1, 0.15) is 22.5 Å². The predicted molar refractivity (Wildman–Crippen MR) is 112 cm³/mol. The number of ether oxygens (including phenoxy) is 2. The minimum absolute atomic E-state index is 0.172. The summed E-state index contributed by atoms with van der Waals surface area (Å²) in [5, 5.41) is 21.4. The Hall–Kier alpha value is -3.80. The van der Waals surface area contributed by atoms with E-state index in [2.05, 4.69) is 5.32 Å². The number of rotatable bonds is 7. The van der Waals surface area contributed by atoms with Crippen LogP contribution in [-0.4, -0.2) is 46.6 Å².